The molecule has 5 nitrogen and oxygen atoms in total. The number of amides is 1. The van der Waals surface area contributed by atoms with Gasteiger partial charge in [0.25, 0.3) is 0 Å². The molecule has 1 aliphatic heterocycles. The smallest absolute Gasteiger partial charge is 0.410 e. The number of cyclic esters (lactones) is 1. The molecule has 0 bridgehead atoms. The van der Waals surface area contributed by atoms with Crippen LogP contribution in [0.15, 0.2) is 0 Å². The van der Waals surface area contributed by atoms with Gasteiger partial charge >= 0.3 is 12.1 Å². The molecule has 14 heavy (non-hydrogen) atoms. The van der Waals surface area contributed by atoms with E-state index in [1.165, 1.54) is 0 Å². The van der Waals surface area contributed by atoms with E-state index >= 15 is 0 Å². The topological polar surface area (TPSA) is 66.8 Å². The Balaban J connectivity index is 2.15. The van der Waals surface area contributed by atoms with Gasteiger partial charge in [-0.2, -0.15) is 0 Å². The lowest BCUT2D eigenvalue weighted by Crippen LogP contribution is -2.47. The van der Waals surface area contributed by atoms with Gasteiger partial charge in [-0.1, -0.05) is 0 Å². The molecule has 1 saturated carbocycles. The van der Waals surface area contributed by atoms with Crippen LogP contribution in [0, 0.1) is 0 Å². The molecule has 1 atom stereocenters. The van der Waals surface area contributed by atoms with Crippen LogP contribution in [0.4, 0.5) is 4.79 Å². The standard InChI is InChI=1S/C9H13NO4/c1-9(4-7(11)12)5-14-8(13)10(9)6-2-3-6/h6H,2-5H2,1H3,(H,11,12). The number of carbonyl (C=O) groups is 2. The van der Waals surface area contributed by atoms with Gasteiger partial charge in [0.1, 0.15) is 6.61 Å². The highest BCUT2D eigenvalue weighted by Gasteiger charge is 2.51. The first-order valence-corrected chi connectivity index (χ1v) is 4.71. The summed E-state index contributed by atoms with van der Waals surface area (Å²) >= 11 is 0. The first-order valence-electron chi connectivity index (χ1n) is 4.71. The summed E-state index contributed by atoms with van der Waals surface area (Å²) in [6.45, 7) is 1.96. The molecule has 0 aromatic carbocycles. The molecule has 5 heteroatoms. The van der Waals surface area contributed by atoms with Gasteiger partial charge in [-0.05, 0) is 19.8 Å². The van der Waals surface area contributed by atoms with E-state index in [0.29, 0.717) is 0 Å². The average Bonchev–Trinajstić information content (AvgIpc) is 2.80. The molecule has 0 aromatic heterocycles. The van der Waals surface area contributed by atoms with Crippen LogP contribution in [-0.4, -0.2) is 40.3 Å². The van der Waals surface area contributed by atoms with Gasteiger partial charge in [-0.3, -0.25) is 9.69 Å². The van der Waals surface area contributed by atoms with Crippen LogP contribution in [0.1, 0.15) is 26.2 Å². The summed E-state index contributed by atoms with van der Waals surface area (Å²) in [5.41, 5.74) is -0.649. The summed E-state index contributed by atoms with van der Waals surface area (Å²) in [4.78, 5) is 23.6. The average molecular weight is 199 g/mol. The maximum atomic E-state index is 11.4. The van der Waals surface area contributed by atoms with Gasteiger partial charge < -0.3 is 9.84 Å². The van der Waals surface area contributed by atoms with Crippen molar-refractivity contribution in [3.05, 3.63) is 0 Å². The summed E-state index contributed by atoms with van der Waals surface area (Å²) in [5.74, 6) is -0.892. The molecule has 1 heterocycles. The molecule has 1 amide bonds. The second-order valence-corrected chi connectivity index (χ2v) is 4.22. The lowest BCUT2D eigenvalue weighted by molar-refractivity contribution is -0.139. The van der Waals surface area contributed by atoms with Crippen molar-refractivity contribution in [1.82, 2.24) is 4.90 Å². The van der Waals surface area contributed by atoms with E-state index in [0.717, 1.165) is 12.8 Å². The van der Waals surface area contributed by atoms with E-state index in [1.807, 2.05) is 0 Å². The molecular formula is C9H13NO4. The molecular weight excluding hydrogens is 186 g/mol. The molecule has 78 valence electrons. The Morgan fingerprint density at radius 2 is 2.36 bits per heavy atom. The van der Waals surface area contributed by atoms with Crippen LogP contribution in [0.25, 0.3) is 0 Å². The molecule has 2 rings (SSSR count). The van der Waals surface area contributed by atoms with Crippen LogP contribution in [0.5, 0.6) is 0 Å². The maximum absolute atomic E-state index is 11.4. The number of rotatable bonds is 3. The maximum Gasteiger partial charge on any atom is 0.410 e. The summed E-state index contributed by atoms with van der Waals surface area (Å²) < 4.78 is 4.91. The number of hydrogen-bond donors (Lipinski definition) is 1. The van der Waals surface area contributed by atoms with Crippen molar-refractivity contribution < 1.29 is 19.4 Å². The molecule has 0 radical (unpaired) electrons. The lowest BCUT2D eigenvalue weighted by Gasteiger charge is -2.30. The van der Waals surface area contributed by atoms with Crippen molar-refractivity contribution >= 4 is 12.1 Å². The van der Waals surface area contributed by atoms with E-state index in [9.17, 15) is 9.59 Å². The Kier molecular flexibility index (Phi) is 1.90. The van der Waals surface area contributed by atoms with Gasteiger partial charge in [0.15, 0.2) is 0 Å². The minimum absolute atomic E-state index is 0.0464. The minimum Gasteiger partial charge on any atom is -0.481 e. The monoisotopic (exact) mass is 199 g/mol. The Bertz CT molecular complexity index is 287. The largest absolute Gasteiger partial charge is 0.481 e. The number of carbonyl (C=O) groups excluding carboxylic acids is 1. The third-order valence-electron chi connectivity index (χ3n) is 2.73. The Labute approximate surface area is 81.6 Å². The second-order valence-electron chi connectivity index (χ2n) is 4.22. The summed E-state index contributed by atoms with van der Waals surface area (Å²) in [5, 5.41) is 8.75. The van der Waals surface area contributed by atoms with E-state index in [1.54, 1.807) is 11.8 Å². The zero-order valence-electron chi connectivity index (χ0n) is 8.02. The van der Waals surface area contributed by atoms with Crippen LogP contribution in [0.3, 0.4) is 0 Å². The van der Waals surface area contributed by atoms with Gasteiger partial charge in [0.2, 0.25) is 0 Å². The number of carboxylic acids is 1. The van der Waals surface area contributed by atoms with Crippen LogP contribution < -0.4 is 0 Å². The zero-order valence-corrected chi connectivity index (χ0v) is 8.02. The highest BCUT2D eigenvalue weighted by atomic mass is 16.6. The predicted molar refractivity (Wildman–Crippen MR) is 46.9 cm³/mol. The van der Waals surface area contributed by atoms with Gasteiger partial charge in [-0.15, -0.1) is 0 Å². The highest BCUT2D eigenvalue weighted by Crippen LogP contribution is 2.38. The fourth-order valence-corrected chi connectivity index (χ4v) is 1.96. The fourth-order valence-electron chi connectivity index (χ4n) is 1.96. The normalized spacial score (nSPS) is 31.8. The van der Waals surface area contributed by atoms with Gasteiger partial charge in [0.05, 0.1) is 12.0 Å². The Morgan fingerprint density at radius 3 is 2.86 bits per heavy atom. The molecule has 0 aromatic rings. The number of hydrogen-bond acceptors (Lipinski definition) is 3. The molecule has 1 N–H and O–H groups in total. The van der Waals surface area contributed by atoms with Crippen molar-refractivity contribution in [2.24, 2.45) is 0 Å². The number of aliphatic carboxylic acids is 1. The molecule has 1 saturated heterocycles. The van der Waals surface area contributed by atoms with Crippen molar-refractivity contribution in [1.29, 1.82) is 0 Å². The van der Waals surface area contributed by atoms with E-state index < -0.39 is 11.5 Å². The molecule has 1 aliphatic carbocycles. The highest BCUT2D eigenvalue weighted by molar-refractivity contribution is 5.75. The van der Waals surface area contributed by atoms with E-state index in [4.69, 9.17) is 9.84 Å². The van der Waals surface area contributed by atoms with Crippen LogP contribution in [-0.2, 0) is 9.53 Å². The van der Waals surface area contributed by atoms with Crippen molar-refractivity contribution in [3.63, 3.8) is 0 Å². The van der Waals surface area contributed by atoms with Gasteiger partial charge in [-0.25, -0.2) is 4.79 Å². The summed E-state index contributed by atoms with van der Waals surface area (Å²) in [6, 6.07) is 0.203. The zero-order chi connectivity index (χ0) is 10.3. The lowest BCUT2D eigenvalue weighted by atomic mass is 9.98. The fraction of sp³-hybridized carbons (Fsp3) is 0.778. The van der Waals surface area contributed by atoms with E-state index in [2.05, 4.69) is 0 Å². The van der Waals surface area contributed by atoms with Gasteiger partial charge in [0, 0.05) is 6.04 Å². The third-order valence-corrected chi connectivity index (χ3v) is 2.73. The Morgan fingerprint density at radius 1 is 1.71 bits per heavy atom. The van der Waals surface area contributed by atoms with Crippen molar-refractivity contribution in [3.8, 4) is 0 Å². The van der Waals surface area contributed by atoms with Crippen LogP contribution in [0.2, 0.25) is 0 Å². The minimum atomic E-state index is -0.892. The van der Waals surface area contributed by atoms with E-state index in [-0.39, 0.29) is 25.2 Å². The number of carboxylic acid groups (broad SMARTS) is 1. The Hall–Kier alpha value is -1.26. The van der Waals surface area contributed by atoms with Crippen molar-refractivity contribution in [2.75, 3.05) is 6.61 Å². The second kappa shape index (κ2) is 2.87. The first kappa shape index (κ1) is 9.30. The van der Waals surface area contributed by atoms with Crippen LogP contribution >= 0.6 is 0 Å². The summed E-state index contributed by atoms with van der Waals surface area (Å²) in [6.07, 6.45) is 1.51. The molecule has 1 unspecified atom stereocenters. The molecule has 0 spiro atoms. The predicted octanol–water partition coefficient (Wildman–Crippen LogP) is 0.834. The molecule has 2 aliphatic rings. The third kappa shape index (κ3) is 1.42. The summed E-state index contributed by atoms with van der Waals surface area (Å²) in [7, 11) is 0. The number of nitrogens with zero attached hydrogens (tertiary/aromatic N) is 1. The first-order chi connectivity index (χ1) is 6.53. The van der Waals surface area contributed by atoms with Crippen molar-refractivity contribution in [2.45, 2.75) is 37.8 Å². The SMILES string of the molecule is CC1(CC(=O)O)COC(=O)N1C1CC1. The quantitative estimate of drug-likeness (QED) is 0.731. The number of ether oxygens (including phenoxy) is 1. The molecule has 2 fully saturated rings.